The SMILES string of the molecule is Cc1cccc(CNCC(C)C)c1OCCC1CCCO1. The Hall–Kier alpha value is -1.06. The fourth-order valence-electron chi connectivity index (χ4n) is 2.72. The van der Waals surface area contributed by atoms with Crippen LogP contribution in [-0.2, 0) is 11.3 Å². The van der Waals surface area contributed by atoms with Crippen LogP contribution in [0.15, 0.2) is 18.2 Å². The van der Waals surface area contributed by atoms with Gasteiger partial charge in [0.1, 0.15) is 5.75 Å². The summed E-state index contributed by atoms with van der Waals surface area (Å²) < 4.78 is 11.7. The number of nitrogens with one attached hydrogen (secondary N) is 1. The minimum absolute atomic E-state index is 0.400. The number of rotatable bonds is 8. The topological polar surface area (TPSA) is 30.5 Å². The van der Waals surface area contributed by atoms with Crippen LogP contribution in [0.25, 0.3) is 0 Å². The van der Waals surface area contributed by atoms with Crippen molar-refractivity contribution in [2.24, 2.45) is 5.92 Å². The number of aryl methyl sites for hydroxylation is 1. The average Bonchev–Trinajstić information content (AvgIpc) is 2.94. The second-order valence-electron chi connectivity index (χ2n) is 6.36. The second-order valence-corrected chi connectivity index (χ2v) is 6.36. The lowest BCUT2D eigenvalue weighted by Crippen LogP contribution is -2.20. The van der Waals surface area contributed by atoms with Crippen LogP contribution in [0.5, 0.6) is 5.75 Å². The summed E-state index contributed by atoms with van der Waals surface area (Å²) in [4.78, 5) is 0. The van der Waals surface area contributed by atoms with Crippen LogP contribution < -0.4 is 10.1 Å². The molecule has 0 bridgehead atoms. The summed E-state index contributed by atoms with van der Waals surface area (Å²) in [5.74, 6) is 1.71. The van der Waals surface area contributed by atoms with Crippen LogP contribution in [0, 0.1) is 12.8 Å². The summed E-state index contributed by atoms with van der Waals surface area (Å²) in [7, 11) is 0. The van der Waals surface area contributed by atoms with E-state index in [1.165, 1.54) is 24.0 Å². The predicted molar refractivity (Wildman–Crippen MR) is 86.8 cm³/mol. The van der Waals surface area contributed by atoms with Crippen LogP contribution in [0.1, 0.15) is 44.2 Å². The van der Waals surface area contributed by atoms with Gasteiger partial charge in [-0.25, -0.2) is 0 Å². The van der Waals surface area contributed by atoms with Gasteiger partial charge in [-0.05, 0) is 37.8 Å². The Bertz CT molecular complexity index is 425. The van der Waals surface area contributed by atoms with Crippen molar-refractivity contribution >= 4 is 0 Å². The average molecular weight is 291 g/mol. The first-order valence-electron chi connectivity index (χ1n) is 8.20. The molecule has 0 amide bonds. The lowest BCUT2D eigenvalue weighted by molar-refractivity contribution is 0.0901. The molecule has 0 aromatic heterocycles. The van der Waals surface area contributed by atoms with Gasteiger partial charge in [0.25, 0.3) is 0 Å². The Morgan fingerprint density at radius 3 is 2.95 bits per heavy atom. The molecule has 1 aromatic rings. The van der Waals surface area contributed by atoms with E-state index in [4.69, 9.17) is 9.47 Å². The van der Waals surface area contributed by atoms with Crippen LogP contribution in [-0.4, -0.2) is 25.9 Å². The van der Waals surface area contributed by atoms with Gasteiger partial charge in [-0.1, -0.05) is 32.0 Å². The van der Waals surface area contributed by atoms with Gasteiger partial charge in [-0.2, -0.15) is 0 Å². The van der Waals surface area contributed by atoms with Crippen LogP contribution in [0.4, 0.5) is 0 Å². The van der Waals surface area contributed by atoms with E-state index < -0.39 is 0 Å². The maximum Gasteiger partial charge on any atom is 0.126 e. The number of hydrogen-bond acceptors (Lipinski definition) is 3. The summed E-state index contributed by atoms with van der Waals surface area (Å²) >= 11 is 0. The highest BCUT2D eigenvalue weighted by atomic mass is 16.5. The zero-order valence-electron chi connectivity index (χ0n) is 13.7. The van der Waals surface area contributed by atoms with Gasteiger partial charge in [0.05, 0.1) is 12.7 Å². The van der Waals surface area contributed by atoms with Crippen molar-refractivity contribution in [3.05, 3.63) is 29.3 Å². The van der Waals surface area contributed by atoms with Crippen molar-refractivity contribution in [2.75, 3.05) is 19.8 Å². The zero-order valence-corrected chi connectivity index (χ0v) is 13.7. The van der Waals surface area contributed by atoms with Gasteiger partial charge in [-0.3, -0.25) is 0 Å². The van der Waals surface area contributed by atoms with E-state index in [1.807, 2.05) is 0 Å². The summed E-state index contributed by atoms with van der Waals surface area (Å²) in [5.41, 5.74) is 2.47. The summed E-state index contributed by atoms with van der Waals surface area (Å²) in [5, 5.41) is 3.50. The van der Waals surface area contributed by atoms with E-state index in [2.05, 4.69) is 44.3 Å². The molecule has 0 spiro atoms. The fourth-order valence-corrected chi connectivity index (χ4v) is 2.72. The zero-order chi connectivity index (χ0) is 15.1. The number of benzene rings is 1. The van der Waals surface area contributed by atoms with Crippen molar-refractivity contribution in [1.29, 1.82) is 0 Å². The molecule has 0 saturated carbocycles. The monoisotopic (exact) mass is 291 g/mol. The maximum atomic E-state index is 6.07. The molecular weight excluding hydrogens is 262 g/mol. The van der Waals surface area contributed by atoms with E-state index in [0.29, 0.717) is 12.0 Å². The highest BCUT2D eigenvalue weighted by molar-refractivity contribution is 5.40. The Kier molecular flexibility index (Phi) is 6.52. The first-order chi connectivity index (χ1) is 10.2. The van der Waals surface area contributed by atoms with Gasteiger partial charge in [0, 0.05) is 25.1 Å². The molecule has 0 radical (unpaired) electrons. The molecule has 1 saturated heterocycles. The smallest absolute Gasteiger partial charge is 0.126 e. The van der Waals surface area contributed by atoms with Crippen LogP contribution >= 0.6 is 0 Å². The normalized spacial score (nSPS) is 18.4. The van der Waals surface area contributed by atoms with Crippen molar-refractivity contribution < 1.29 is 9.47 Å². The predicted octanol–water partition coefficient (Wildman–Crippen LogP) is 3.69. The summed E-state index contributed by atoms with van der Waals surface area (Å²) in [6.45, 7) is 10.1. The third kappa shape index (κ3) is 5.33. The van der Waals surface area contributed by atoms with Crippen LogP contribution in [0.3, 0.4) is 0 Å². The lowest BCUT2D eigenvalue weighted by Gasteiger charge is -2.16. The molecule has 0 aliphatic carbocycles. The molecule has 1 fully saturated rings. The Morgan fingerprint density at radius 1 is 1.38 bits per heavy atom. The van der Waals surface area contributed by atoms with Gasteiger partial charge >= 0.3 is 0 Å². The molecule has 1 heterocycles. The highest BCUT2D eigenvalue weighted by Gasteiger charge is 2.16. The van der Waals surface area contributed by atoms with Gasteiger partial charge in [-0.15, -0.1) is 0 Å². The first-order valence-corrected chi connectivity index (χ1v) is 8.20. The number of ether oxygens (including phenoxy) is 2. The molecule has 118 valence electrons. The van der Waals surface area contributed by atoms with E-state index in [1.54, 1.807) is 0 Å². The molecule has 1 aliphatic heterocycles. The minimum Gasteiger partial charge on any atom is -0.493 e. The minimum atomic E-state index is 0.400. The summed E-state index contributed by atoms with van der Waals surface area (Å²) in [6.07, 6.45) is 3.77. The van der Waals surface area contributed by atoms with Gasteiger partial charge in [0.2, 0.25) is 0 Å². The number of hydrogen-bond donors (Lipinski definition) is 1. The summed E-state index contributed by atoms with van der Waals surface area (Å²) in [6, 6.07) is 6.38. The molecule has 1 unspecified atom stereocenters. The molecule has 1 aromatic carbocycles. The van der Waals surface area contributed by atoms with Crippen molar-refractivity contribution in [2.45, 2.75) is 52.7 Å². The van der Waals surface area contributed by atoms with Crippen molar-refractivity contribution in [3.63, 3.8) is 0 Å². The molecule has 2 rings (SSSR count). The Morgan fingerprint density at radius 2 is 2.24 bits per heavy atom. The van der Waals surface area contributed by atoms with E-state index in [-0.39, 0.29) is 0 Å². The van der Waals surface area contributed by atoms with Crippen molar-refractivity contribution in [3.8, 4) is 5.75 Å². The van der Waals surface area contributed by atoms with Gasteiger partial charge < -0.3 is 14.8 Å². The highest BCUT2D eigenvalue weighted by Crippen LogP contribution is 2.24. The maximum absolute atomic E-state index is 6.07. The molecule has 3 nitrogen and oxygen atoms in total. The third-order valence-corrected chi connectivity index (χ3v) is 3.87. The molecule has 1 atom stereocenters. The third-order valence-electron chi connectivity index (χ3n) is 3.87. The quantitative estimate of drug-likeness (QED) is 0.792. The van der Waals surface area contributed by atoms with E-state index >= 15 is 0 Å². The molecular formula is C18H29NO2. The van der Waals surface area contributed by atoms with Gasteiger partial charge in [0.15, 0.2) is 0 Å². The molecule has 1 aliphatic rings. The Balaban J connectivity index is 1.86. The first kappa shape index (κ1) is 16.3. The Labute approximate surface area is 129 Å². The lowest BCUT2D eigenvalue weighted by atomic mass is 10.1. The van der Waals surface area contributed by atoms with E-state index in [9.17, 15) is 0 Å². The number of para-hydroxylation sites is 1. The van der Waals surface area contributed by atoms with Crippen LogP contribution in [0.2, 0.25) is 0 Å². The molecule has 3 heteroatoms. The second kappa shape index (κ2) is 8.40. The standard InChI is InChI=1S/C18H29NO2/c1-14(2)12-19-13-16-7-4-6-15(3)18(16)21-11-9-17-8-5-10-20-17/h4,6-7,14,17,19H,5,8-13H2,1-3H3. The largest absolute Gasteiger partial charge is 0.493 e. The molecule has 1 N–H and O–H groups in total. The fraction of sp³-hybridized carbons (Fsp3) is 0.667. The van der Waals surface area contributed by atoms with E-state index in [0.717, 1.165) is 38.5 Å². The van der Waals surface area contributed by atoms with Crippen molar-refractivity contribution in [1.82, 2.24) is 5.32 Å². The molecule has 21 heavy (non-hydrogen) atoms.